The lowest BCUT2D eigenvalue weighted by Gasteiger charge is -2.22. The van der Waals surface area contributed by atoms with E-state index in [-0.39, 0.29) is 31.1 Å². The Kier molecular flexibility index (Phi) is 4.66. The van der Waals surface area contributed by atoms with Gasteiger partial charge in [0.1, 0.15) is 13.2 Å². The number of anilines is 1. The first-order valence-corrected chi connectivity index (χ1v) is 9.74. The largest absolute Gasteiger partial charge is 0.486 e. The fourth-order valence-electron chi connectivity index (χ4n) is 3.69. The van der Waals surface area contributed by atoms with Crippen molar-refractivity contribution in [3.63, 3.8) is 0 Å². The van der Waals surface area contributed by atoms with Gasteiger partial charge < -0.3 is 29.2 Å². The van der Waals surface area contributed by atoms with Gasteiger partial charge in [0.2, 0.25) is 18.6 Å². The van der Waals surface area contributed by atoms with Crippen LogP contribution in [-0.2, 0) is 9.59 Å². The van der Waals surface area contributed by atoms with Crippen LogP contribution < -0.4 is 29.2 Å². The lowest BCUT2D eigenvalue weighted by molar-refractivity contribution is -0.117. The summed E-state index contributed by atoms with van der Waals surface area (Å²) in [5.74, 6) is 2.36. The molecule has 2 aromatic rings. The SMILES string of the molecule is O=C(/C=C/c1ccc2c(c1)OCO2)NC1CC(=O)N(c2ccc3c(c2)OCCO3)C1. The number of hydrogen-bond acceptors (Lipinski definition) is 6. The minimum absolute atomic E-state index is 0.0447. The zero-order valence-corrected chi connectivity index (χ0v) is 16.1. The number of fused-ring (bicyclic) bond motifs is 2. The fraction of sp³-hybridized carbons (Fsp3) is 0.273. The van der Waals surface area contributed by atoms with Gasteiger partial charge in [-0.2, -0.15) is 0 Å². The summed E-state index contributed by atoms with van der Waals surface area (Å²) in [4.78, 5) is 26.5. The van der Waals surface area contributed by atoms with Crippen molar-refractivity contribution in [2.45, 2.75) is 12.5 Å². The van der Waals surface area contributed by atoms with E-state index in [9.17, 15) is 9.59 Å². The summed E-state index contributed by atoms with van der Waals surface area (Å²) in [6.07, 6.45) is 3.40. The Labute approximate surface area is 173 Å². The molecule has 0 bridgehead atoms. The highest BCUT2D eigenvalue weighted by atomic mass is 16.7. The Hall–Kier alpha value is -3.68. The highest BCUT2D eigenvalue weighted by molar-refractivity contribution is 5.98. The molecule has 1 N–H and O–H groups in total. The van der Waals surface area contributed by atoms with Crippen molar-refractivity contribution in [3.8, 4) is 23.0 Å². The van der Waals surface area contributed by atoms with Gasteiger partial charge in [0, 0.05) is 30.8 Å². The normalized spacial score (nSPS) is 19.4. The van der Waals surface area contributed by atoms with E-state index in [1.165, 1.54) is 6.08 Å². The quantitative estimate of drug-likeness (QED) is 0.780. The van der Waals surface area contributed by atoms with Crippen LogP contribution in [-0.4, -0.2) is 44.4 Å². The second-order valence-corrected chi connectivity index (χ2v) is 7.19. The molecule has 0 spiro atoms. The van der Waals surface area contributed by atoms with E-state index in [1.54, 1.807) is 29.2 Å². The zero-order valence-electron chi connectivity index (χ0n) is 16.1. The number of nitrogens with zero attached hydrogens (tertiary/aromatic N) is 1. The Bertz CT molecular complexity index is 1030. The van der Waals surface area contributed by atoms with E-state index in [4.69, 9.17) is 18.9 Å². The Morgan fingerprint density at radius 1 is 0.967 bits per heavy atom. The number of benzene rings is 2. The summed E-state index contributed by atoms with van der Waals surface area (Å²) in [6, 6.07) is 10.6. The van der Waals surface area contributed by atoms with Crippen molar-refractivity contribution in [2.75, 3.05) is 31.5 Å². The maximum absolute atomic E-state index is 12.5. The van der Waals surface area contributed by atoms with E-state index in [0.29, 0.717) is 42.8 Å². The molecule has 30 heavy (non-hydrogen) atoms. The number of rotatable bonds is 4. The molecule has 3 aliphatic heterocycles. The predicted octanol–water partition coefficient (Wildman–Crippen LogP) is 2.12. The lowest BCUT2D eigenvalue weighted by Crippen LogP contribution is -2.36. The van der Waals surface area contributed by atoms with Crippen LogP contribution in [0.15, 0.2) is 42.5 Å². The van der Waals surface area contributed by atoms with E-state index in [1.807, 2.05) is 18.2 Å². The van der Waals surface area contributed by atoms with Crippen molar-refractivity contribution in [1.82, 2.24) is 5.32 Å². The molecule has 2 amide bonds. The first-order chi connectivity index (χ1) is 14.7. The third kappa shape index (κ3) is 3.63. The van der Waals surface area contributed by atoms with Gasteiger partial charge in [-0.1, -0.05) is 6.07 Å². The average Bonchev–Trinajstić information content (AvgIpc) is 3.37. The van der Waals surface area contributed by atoms with Crippen LogP contribution in [0, 0.1) is 0 Å². The van der Waals surface area contributed by atoms with Gasteiger partial charge >= 0.3 is 0 Å². The molecule has 3 heterocycles. The zero-order chi connectivity index (χ0) is 20.5. The highest BCUT2D eigenvalue weighted by Crippen LogP contribution is 2.35. The highest BCUT2D eigenvalue weighted by Gasteiger charge is 2.32. The molecule has 8 heteroatoms. The molecule has 0 radical (unpaired) electrons. The Balaban J connectivity index is 1.21. The van der Waals surface area contributed by atoms with Crippen LogP contribution in [0.1, 0.15) is 12.0 Å². The first-order valence-electron chi connectivity index (χ1n) is 9.74. The molecule has 1 unspecified atom stereocenters. The minimum Gasteiger partial charge on any atom is -0.486 e. The molecule has 5 rings (SSSR count). The lowest BCUT2D eigenvalue weighted by atomic mass is 10.2. The Morgan fingerprint density at radius 2 is 1.70 bits per heavy atom. The van der Waals surface area contributed by atoms with Crippen molar-refractivity contribution in [1.29, 1.82) is 0 Å². The summed E-state index contributed by atoms with van der Waals surface area (Å²) >= 11 is 0. The monoisotopic (exact) mass is 408 g/mol. The topological polar surface area (TPSA) is 86.3 Å². The summed E-state index contributed by atoms with van der Waals surface area (Å²) in [6.45, 7) is 1.61. The van der Waals surface area contributed by atoms with Gasteiger partial charge in [0.15, 0.2) is 23.0 Å². The maximum Gasteiger partial charge on any atom is 0.244 e. The van der Waals surface area contributed by atoms with E-state index in [2.05, 4.69) is 5.32 Å². The molecular weight excluding hydrogens is 388 g/mol. The molecule has 2 aromatic carbocycles. The summed E-state index contributed by atoms with van der Waals surface area (Å²) in [5, 5.41) is 2.89. The smallest absolute Gasteiger partial charge is 0.244 e. The molecule has 154 valence electrons. The maximum atomic E-state index is 12.5. The van der Waals surface area contributed by atoms with Crippen LogP contribution >= 0.6 is 0 Å². The molecule has 1 saturated heterocycles. The third-order valence-electron chi connectivity index (χ3n) is 5.13. The molecule has 1 fully saturated rings. The van der Waals surface area contributed by atoms with Gasteiger partial charge in [0.05, 0.1) is 6.04 Å². The van der Waals surface area contributed by atoms with Crippen LogP contribution in [0.2, 0.25) is 0 Å². The van der Waals surface area contributed by atoms with E-state index in [0.717, 1.165) is 11.3 Å². The van der Waals surface area contributed by atoms with E-state index >= 15 is 0 Å². The number of amides is 2. The molecule has 8 nitrogen and oxygen atoms in total. The third-order valence-corrected chi connectivity index (χ3v) is 5.13. The van der Waals surface area contributed by atoms with Gasteiger partial charge in [-0.15, -0.1) is 0 Å². The van der Waals surface area contributed by atoms with Crippen molar-refractivity contribution >= 4 is 23.6 Å². The minimum atomic E-state index is -0.264. The molecule has 0 aromatic heterocycles. The van der Waals surface area contributed by atoms with Gasteiger partial charge in [-0.25, -0.2) is 0 Å². The average molecular weight is 408 g/mol. The van der Waals surface area contributed by atoms with Crippen molar-refractivity contribution < 1.29 is 28.5 Å². The first kappa shape index (κ1) is 18.4. The second-order valence-electron chi connectivity index (χ2n) is 7.19. The fourth-order valence-corrected chi connectivity index (χ4v) is 3.69. The molecule has 1 atom stereocenters. The number of hydrogen-bond donors (Lipinski definition) is 1. The van der Waals surface area contributed by atoms with Crippen LogP contribution in [0.5, 0.6) is 23.0 Å². The van der Waals surface area contributed by atoms with Gasteiger partial charge in [-0.3, -0.25) is 9.59 Å². The Morgan fingerprint density at radius 3 is 2.60 bits per heavy atom. The number of carbonyl (C=O) groups is 2. The van der Waals surface area contributed by atoms with Crippen LogP contribution in [0.25, 0.3) is 6.08 Å². The molecule has 0 saturated carbocycles. The number of nitrogens with one attached hydrogen (secondary N) is 1. The van der Waals surface area contributed by atoms with Crippen LogP contribution in [0.4, 0.5) is 5.69 Å². The second kappa shape index (κ2) is 7.62. The van der Waals surface area contributed by atoms with Crippen molar-refractivity contribution in [2.24, 2.45) is 0 Å². The molecule has 0 aliphatic carbocycles. The number of ether oxygens (including phenoxy) is 4. The summed E-state index contributed by atoms with van der Waals surface area (Å²) in [7, 11) is 0. The van der Waals surface area contributed by atoms with Crippen LogP contribution in [0.3, 0.4) is 0 Å². The predicted molar refractivity (Wildman–Crippen MR) is 108 cm³/mol. The van der Waals surface area contributed by atoms with Crippen molar-refractivity contribution in [3.05, 3.63) is 48.0 Å². The van der Waals surface area contributed by atoms with Gasteiger partial charge in [-0.05, 0) is 35.9 Å². The summed E-state index contributed by atoms with van der Waals surface area (Å²) in [5.41, 5.74) is 1.56. The molecular formula is C22H20N2O6. The number of carbonyl (C=O) groups excluding carboxylic acids is 2. The van der Waals surface area contributed by atoms with Gasteiger partial charge in [0.25, 0.3) is 0 Å². The standard InChI is InChI=1S/C22H20N2O6/c25-21(6-2-14-1-4-18-19(9-14)30-13-29-18)23-15-10-22(26)24(12-15)16-3-5-17-20(11-16)28-8-7-27-17/h1-6,9,11,15H,7-8,10,12-13H2,(H,23,25)/b6-2+. The molecule has 3 aliphatic rings. The summed E-state index contributed by atoms with van der Waals surface area (Å²) < 4.78 is 21.7. The van der Waals surface area contributed by atoms with E-state index < -0.39 is 0 Å².